The van der Waals surface area contributed by atoms with Crippen LogP contribution < -0.4 is 9.66 Å². The maximum Gasteiger partial charge on any atom is 0.326 e. The number of aliphatic carboxylic acids is 1. The summed E-state index contributed by atoms with van der Waals surface area (Å²) in [5.74, 6) is -1.49. The van der Waals surface area contributed by atoms with Gasteiger partial charge in [-0.1, -0.05) is 13.8 Å². The highest BCUT2D eigenvalue weighted by Gasteiger charge is 2.22. The Hall–Kier alpha value is -0.620. The normalized spacial score (nSPS) is 12.6. The molecule has 13 heavy (non-hydrogen) atoms. The summed E-state index contributed by atoms with van der Waals surface area (Å²) in [6.45, 7) is 3.53. The minimum Gasteiger partial charge on any atom is -0.480 e. The molecule has 0 saturated carbocycles. The van der Waals surface area contributed by atoms with Crippen LogP contribution in [0.4, 0.5) is 0 Å². The Morgan fingerprint density at radius 2 is 2.00 bits per heavy atom. The highest BCUT2D eigenvalue weighted by Crippen LogP contribution is 2.00. The molecule has 0 bridgehead atoms. The fraction of sp³-hybridized carbons (Fsp3) is 0.714. The molecule has 76 valence electrons. The number of carboxylic acids is 1. The number of hydrogen-bond donors (Lipinski definition) is 3. The molecule has 0 heterocycles. The van der Waals surface area contributed by atoms with Gasteiger partial charge in [-0.25, -0.2) is 9.14 Å². The van der Waals surface area contributed by atoms with Crippen molar-refractivity contribution < 1.29 is 14.7 Å². The van der Waals surface area contributed by atoms with Crippen LogP contribution in [0.15, 0.2) is 0 Å². The zero-order chi connectivity index (χ0) is 10.4. The van der Waals surface area contributed by atoms with Crippen LogP contribution in [0.5, 0.6) is 0 Å². The van der Waals surface area contributed by atoms with E-state index in [2.05, 4.69) is 25.8 Å². The number of nitrogens with one attached hydrogen (secondary N) is 2. The number of carbonyl (C=O) groups excluding carboxylic acids is 1. The maximum absolute atomic E-state index is 11.0. The smallest absolute Gasteiger partial charge is 0.326 e. The van der Waals surface area contributed by atoms with E-state index >= 15 is 0 Å². The van der Waals surface area contributed by atoms with Crippen LogP contribution in [0.3, 0.4) is 0 Å². The quantitative estimate of drug-likeness (QED) is 0.608. The summed E-state index contributed by atoms with van der Waals surface area (Å²) >= 11 is 2.86. The number of carboxylic acid groups (broad SMARTS) is 1. The summed E-state index contributed by atoms with van der Waals surface area (Å²) in [6.07, 6.45) is 0. The van der Waals surface area contributed by atoms with Crippen molar-refractivity contribution in [3.05, 3.63) is 0 Å². The van der Waals surface area contributed by atoms with Crippen molar-refractivity contribution in [2.24, 2.45) is 5.92 Å². The molecule has 0 radical (unpaired) electrons. The number of carbonyl (C=O) groups is 2. The van der Waals surface area contributed by atoms with Gasteiger partial charge in [-0.3, -0.25) is 4.79 Å². The molecule has 0 aliphatic heterocycles. The van der Waals surface area contributed by atoms with Gasteiger partial charge in [0.25, 0.3) is 0 Å². The van der Waals surface area contributed by atoms with Gasteiger partial charge in [-0.2, -0.15) is 0 Å². The van der Waals surface area contributed by atoms with Crippen molar-refractivity contribution in [3.8, 4) is 0 Å². The molecule has 5 nitrogen and oxygen atoms in total. The highest BCUT2D eigenvalue weighted by atomic mass is 79.9. The first kappa shape index (κ1) is 12.4. The molecule has 0 aromatic rings. The van der Waals surface area contributed by atoms with Crippen LogP contribution in [-0.2, 0) is 9.59 Å². The van der Waals surface area contributed by atoms with E-state index in [1.54, 1.807) is 13.8 Å². The Morgan fingerprint density at radius 3 is 2.31 bits per heavy atom. The molecule has 0 aliphatic carbocycles. The molecule has 0 aliphatic rings. The van der Waals surface area contributed by atoms with Gasteiger partial charge in [0.05, 0.1) is 6.54 Å². The zero-order valence-electron chi connectivity index (χ0n) is 7.50. The molecule has 0 aromatic heterocycles. The van der Waals surface area contributed by atoms with E-state index in [4.69, 9.17) is 5.11 Å². The molecule has 1 amide bonds. The van der Waals surface area contributed by atoms with Crippen LogP contribution in [-0.4, -0.2) is 29.6 Å². The van der Waals surface area contributed by atoms with Crippen molar-refractivity contribution >= 4 is 28.0 Å². The third kappa shape index (κ3) is 4.84. The lowest BCUT2D eigenvalue weighted by molar-refractivity contribution is -0.142. The second kappa shape index (κ2) is 5.93. The average molecular weight is 253 g/mol. The molecule has 0 aromatic carbocycles. The zero-order valence-corrected chi connectivity index (χ0v) is 9.09. The number of halogens is 1. The van der Waals surface area contributed by atoms with Gasteiger partial charge >= 0.3 is 5.97 Å². The van der Waals surface area contributed by atoms with E-state index in [1.807, 2.05) is 0 Å². The summed E-state index contributed by atoms with van der Waals surface area (Å²) in [5.41, 5.74) is 0. The average Bonchev–Trinajstić information content (AvgIpc) is 1.99. The van der Waals surface area contributed by atoms with Crippen LogP contribution in [0.2, 0.25) is 0 Å². The molecular formula is C7H13BrN2O3. The predicted octanol–water partition coefficient (Wildman–Crippen LogP) is 0.111. The van der Waals surface area contributed by atoms with Crippen molar-refractivity contribution in [2.75, 3.05) is 6.54 Å². The summed E-state index contributed by atoms with van der Waals surface area (Å²) in [4.78, 5) is 21.6. The fourth-order valence-electron chi connectivity index (χ4n) is 0.799. The Labute approximate surface area is 85.2 Å². The van der Waals surface area contributed by atoms with E-state index < -0.39 is 12.0 Å². The lowest BCUT2D eigenvalue weighted by atomic mass is 10.1. The number of hydrogen-bond acceptors (Lipinski definition) is 3. The van der Waals surface area contributed by atoms with Gasteiger partial charge in [-0.05, 0) is 5.92 Å². The van der Waals surface area contributed by atoms with E-state index in [0.29, 0.717) is 0 Å². The molecule has 0 fully saturated rings. The van der Waals surface area contributed by atoms with Gasteiger partial charge < -0.3 is 10.4 Å². The summed E-state index contributed by atoms with van der Waals surface area (Å²) in [5, 5.41) is 11.1. The first-order valence-corrected chi connectivity index (χ1v) is 4.64. The predicted molar refractivity (Wildman–Crippen MR) is 51.3 cm³/mol. The van der Waals surface area contributed by atoms with Gasteiger partial charge in [0.2, 0.25) is 5.91 Å². The van der Waals surface area contributed by atoms with Gasteiger partial charge in [0.1, 0.15) is 6.04 Å². The van der Waals surface area contributed by atoms with Crippen LogP contribution in [0.1, 0.15) is 13.8 Å². The number of amides is 1. The molecule has 0 unspecified atom stereocenters. The highest BCUT2D eigenvalue weighted by molar-refractivity contribution is 9.08. The van der Waals surface area contributed by atoms with E-state index in [-0.39, 0.29) is 18.4 Å². The summed E-state index contributed by atoms with van der Waals surface area (Å²) in [7, 11) is 0. The van der Waals surface area contributed by atoms with Crippen LogP contribution >= 0.6 is 16.1 Å². The third-order valence-electron chi connectivity index (χ3n) is 1.48. The summed E-state index contributed by atoms with van der Waals surface area (Å²) in [6, 6.07) is -0.826. The monoisotopic (exact) mass is 252 g/mol. The van der Waals surface area contributed by atoms with E-state index in [0.717, 1.165) is 0 Å². The third-order valence-corrected chi connectivity index (χ3v) is 1.76. The molecule has 3 N–H and O–H groups in total. The maximum atomic E-state index is 11.0. The molecule has 1 atom stereocenters. The Kier molecular flexibility index (Phi) is 5.65. The second-order valence-electron chi connectivity index (χ2n) is 2.94. The Balaban J connectivity index is 4.10. The molecule has 0 saturated heterocycles. The minimum absolute atomic E-state index is 0.0521. The van der Waals surface area contributed by atoms with Crippen molar-refractivity contribution in [2.45, 2.75) is 19.9 Å². The molecular weight excluding hydrogens is 240 g/mol. The van der Waals surface area contributed by atoms with Crippen LogP contribution in [0.25, 0.3) is 0 Å². The van der Waals surface area contributed by atoms with Crippen molar-refractivity contribution in [1.82, 2.24) is 9.66 Å². The van der Waals surface area contributed by atoms with Crippen molar-refractivity contribution in [3.63, 3.8) is 0 Å². The lowest BCUT2D eigenvalue weighted by Gasteiger charge is -2.17. The molecule has 0 rings (SSSR count). The van der Waals surface area contributed by atoms with Crippen LogP contribution in [0, 0.1) is 5.92 Å². The molecule has 6 heteroatoms. The van der Waals surface area contributed by atoms with E-state index in [1.165, 1.54) is 0 Å². The van der Waals surface area contributed by atoms with E-state index in [9.17, 15) is 9.59 Å². The van der Waals surface area contributed by atoms with Gasteiger partial charge in [0, 0.05) is 16.1 Å². The Morgan fingerprint density at radius 1 is 1.46 bits per heavy atom. The van der Waals surface area contributed by atoms with Gasteiger partial charge in [-0.15, -0.1) is 0 Å². The van der Waals surface area contributed by atoms with Gasteiger partial charge in [0.15, 0.2) is 0 Å². The lowest BCUT2D eigenvalue weighted by Crippen LogP contribution is -2.46. The molecule has 0 spiro atoms. The SMILES string of the molecule is CC(C)[C@H](NC(=O)CNBr)C(=O)O. The fourth-order valence-corrected chi connectivity index (χ4v) is 1.05. The largest absolute Gasteiger partial charge is 0.480 e. The first-order chi connectivity index (χ1) is 5.99. The Bertz CT molecular complexity index is 196. The second-order valence-corrected chi connectivity index (χ2v) is 3.50. The summed E-state index contributed by atoms with van der Waals surface area (Å²) < 4.78 is 2.46. The first-order valence-electron chi connectivity index (χ1n) is 3.84. The topological polar surface area (TPSA) is 78.4 Å². The number of rotatable bonds is 5. The standard InChI is InChI=1S/C7H13BrN2O3/c1-4(2)6(7(12)13)10-5(11)3-9-8/h4,6,9H,3H2,1-2H3,(H,10,11)(H,12,13)/t6-/m0/s1. The minimum atomic E-state index is -1.02. The van der Waals surface area contributed by atoms with Crippen molar-refractivity contribution in [1.29, 1.82) is 0 Å².